The summed E-state index contributed by atoms with van der Waals surface area (Å²) in [6, 6.07) is 11.8. The zero-order valence-corrected chi connectivity index (χ0v) is 13.4. The molecule has 122 valence electrons. The smallest absolute Gasteiger partial charge is 0.162 e. The first-order valence-corrected chi connectivity index (χ1v) is 8.40. The number of pyridine rings is 1. The quantitative estimate of drug-likeness (QED) is 0.772. The first-order valence-electron chi connectivity index (χ1n) is 8.40. The number of anilines is 1. The van der Waals surface area contributed by atoms with Crippen LogP contribution >= 0.6 is 0 Å². The molecule has 2 atom stereocenters. The number of nitrogens with one attached hydrogen (secondary N) is 1. The van der Waals surface area contributed by atoms with Crippen LogP contribution in [-0.4, -0.2) is 32.7 Å². The summed E-state index contributed by atoms with van der Waals surface area (Å²) in [5.74, 6) is 1.81. The van der Waals surface area contributed by atoms with E-state index in [1.807, 2.05) is 36.4 Å². The Morgan fingerprint density at radius 1 is 1.04 bits per heavy atom. The summed E-state index contributed by atoms with van der Waals surface area (Å²) in [6.07, 6.45) is 6.35. The van der Waals surface area contributed by atoms with Gasteiger partial charge in [-0.25, -0.2) is 9.97 Å². The van der Waals surface area contributed by atoms with E-state index < -0.39 is 0 Å². The maximum absolute atomic E-state index is 10.0. The Morgan fingerprint density at radius 3 is 2.67 bits per heavy atom. The average Bonchev–Trinajstić information content (AvgIpc) is 3.05. The van der Waals surface area contributed by atoms with Crippen LogP contribution in [-0.2, 0) is 0 Å². The van der Waals surface area contributed by atoms with E-state index >= 15 is 0 Å². The molecule has 0 aliphatic heterocycles. The predicted molar refractivity (Wildman–Crippen MR) is 94.6 cm³/mol. The molecule has 1 fully saturated rings. The van der Waals surface area contributed by atoms with Gasteiger partial charge in [0.1, 0.15) is 5.82 Å². The van der Waals surface area contributed by atoms with Gasteiger partial charge >= 0.3 is 0 Å². The predicted octanol–water partition coefficient (Wildman–Crippen LogP) is 3.26. The van der Waals surface area contributed by atoms with Gasteiger partial charge in [0, 0.05) is 35.8 Å². The van der Waals surface area contributed by atoms with Gasteiger partial charge in [0.15, 0.2) is 5.82 Å². The second-order valence-corrected chi connectivity index (χ2v) is 6.29. The number of nitrogens with zero attached hydrogens (tertiary/aromatic N) is 3. The molecule has 0 spiro atoms. The number of para-hydroxylation sites is 1. The lowest BCUT2D eigenvalue weighted by molar-refractivity contribution is 0.138. The third kappa shape index (κ3) is 2.95. The lowest BCUT2D eigenvalue weighted by Crippen LogP contribution is -2.22. The van der Waals surface area contributed by atoms with Crippen molar-refractivity contribution in [1.29, 1.82) is 0 Å². The third-order valence-corrected chi connectivity index (χ3v) is 4.69. The van der Waals surface area contributed by atoms with Crippen LogP contribution in [0.5, 0.6) is 0 Å². The normalized spacial score (nSPS) is 20.4. The highest BCUT2D eigenvalue weighted by Crippen LogP contribution is 2.28. The Kier molecular flexibility index (Phi) is 4.09. The van der Waals surface area contributed by atoms with Crippen molar-refractivity contribution < 1.29 is 5.11 Å². The van der Waals surface area contributed by atoms with Crippen molar-refractivity contribution in [2.45, 2.75) is 25.4 Å². The van der Waals surface area contributed by atoms with E-state index in [2.05, 4.69) is 15.3 Å². The SMILES string of the molecule is OC1CCCC1CNc1nc(-c2ccncc2)nc2ccccc12. The van der Waals surface area contributed by atoms with E-state index in [1.165, 1.54) is 0 Å². The van der Waals surface area contributed by atoms with Gasteiger partial charge in [-0.3, -0.25) is 4.98 Å². The van der Waals surface area contributed by atoms with E-state index in [0.717, 1.165) is 48.1 Å². The largest absolute Gasteiger partial charge is 0.393 e. The minimum absolute atomic E-state index is 0.203. The van der Waals surface area contributed by atoms with Crippen molar-refractivity contribution in [3.05, 3.63) is 48.8 Å². The van der Waals surface area contributed by atoms with Crippen molar-refractivity contribution in [2.75, 3.05) is 11.9 Å². The van der Waals surface area contributed by atoms with E-state index in [0.29, 0.717) is 11.7 Å². The Morgan fingerprint density at radius 2 is 1.88 bits per heavy atom. The number of hydrogen-bond acceptors (Lipinski definition) is 5. The standard InChI is InChI=1S/C19H20N4O/c24-17-7-3-4-14(17)12-21-19-15-5-1-2-6-16(15)22-18(23-19)13-8-10-20-11-9-13/h1-2,5-6,8-11,14,17,24H,3-4,7,12H2,(H,21,22,23). The molecule has 5 nitrogen and oxygen atoms in total. The first-order chi connectivity index (χ1) is 11.8. The van der Waals surface area contributed by atoms with E-state index in [-0.39, 0.29) is 6.10 Å². The molecular formula is C19H20N4O. The van der Waals surface area contributed by atoms with E-state index in [1.54, 1.807) is 12.4 Å². The molecule has 1 aromatic carbocycles. The van der Waals surface area contributed by atoms with Crippen LogP contribution in [0.4, 0.5) is 5.82 Å². The highest BCUT2D eigenvalue weighted by atomic mass is 16.3. The summed E-state index contributed by atoms with van der Waals surface area (Å²) in [5, 5.41) is 14.5. The van der Waals surface area contributed by atoms with Crippen LogP contribution in [0.1, 0.15) is 19.3 Å². The molecule has 2 N–H and O–H groups in total. The molecule has 0 radical (unpaired) electrons. The second kappa shape index (κ2) is 6.53. The summed E-state index contributed by atoms with van der Waals surface area (Å²) in [5.41, 5.74) is 1.86. The van der Waals surface area contributed by atoms with Crippen molar-refractivity contribution in [1.82, 2.24) is 15.0 Å². The number of benzene rings is 1. The second-order valence-electron chi connectivity index (χ2n) is 6.29. The molecule has 5 heteroatoms. The molecular weight excluding hydrogens is 300 g/mol. The van der Waals surface area contributed by atoms with Gasteiger partial charge < -0.3 is 10.4 Å². The summed E-state index contributed by atoms with van der Waals surface area (Å²) in [7, 11) is 0. The Labute approximate surface area is 140 Å². The van der Waals surface area contributed by atoms with Crippen molar-refractivity contribution in [3.63, 3.8) is 0 Å². The van der Waals surface area contributed by atoms with E-state index in [9.17, 15) is 5.11 Å². The zero-order valence-electron chi connectivity index (χ0n) is 13.4. The molecule has 2 unspecified atom stereocenters. The number of aromatic nitrogens is 3. The van der Waals surface area contributed by atoms with Crippen LogP contribution in [0.3, 0.4) is 0 Å². The highest BCUT2D eigenvalue weighted by molar-refractivity contribution is 5.90. The molecule has 1 aliphatic carbocycles. The van der Waals surface area contributed by atoms with Crippen LogP contribution in [0.2, 0.25) is 0 Å². The molecule has 0 saturated heterocycles. The molecule has 24 heavy (non-hydrogen) atoms. The molecule has 1 saturated carbocycles. The zero-order chi connectivity index (χ0) is 16.4. The first kappa shape index (κ1) is 15.0. The summed E-state index contributed by atoms with van der Waals surface area (Å²) >= 11 is 0. The number of hydrogen-bond donors (Lipinski definition) is 2. The minimum atomic E-state index is -0.203. The molecule has 0 bridgehead atoms. The number of fused-ring (bicyclic) bond motifs is 1. The monoisotopic (exact) mass is 320 g/mol. The third-order valence-electron chi connectivity index (χ3n) is 4.69. The van der Waals surface area contributed by atoms with Gasteiger partial charge in [0.05, 0.1) is 11.6 Å². The van der Waals surface area contributed by atoms with Gasteiger partial charge in [-0.2, -0.15) is 0 Å². The fraction of sp³-hybridized carbons (Fsp3) is 0.316. The maximum atomic E-state index is 10.0. The molecule has 4 rings (SSSR count). The van der Waals surface area contributed by atoms with E-state index in [4.69, 9.17) is 4.98 Å². The van der Waals surface area contributed by atoms with Crippen molar-refractivity contribution in [3.8, 4) is 11.4 Å². The number of rotatable bonds is 4. The topological polar surface area (TPSA) is 70.9 Å². The van der Waals surface area contributed by atoms with Crippen LogP contribution < -0.4 is 5.32 Å². The number of aliphatic hydroxyl groups is 1. The van der Waals surface area contributed by atoms with Gasteiger partial charge in [-0.1, -0.05) is 18.6 Å². The fourth-order valence-corrected chi connectivity index (χ4v) is 3.32. The minimum Gasteiger partial charge on any atom is -0.393 e. The van der Waals surface area contributed by atoms with Crippen LogP contribution in [0.25, 0.3) is 22.3 Å². The molecule has 3 aromatic rings. The molecule has 2 heterocycles. The van der Waals surface area contributed by atoms with Gasteiger partial charge in [-0.15, -0.1) is 0 Å². The maximum Gasteiger partial charge on any atom is 0.162 e. The fourth-order valence-electron chi connectivity index (χ4n) is 3.32. The molecule has 0 amide bonds. The van der Waals surface area contributed by atoms with Gasteiger partial charge in [0.2, 0.25) is 0 Å². The Balaban J connectivity index is 1.70. The van der Waals surface area contributed by atoms with Crippen LogP contribution in [0, 0.1) is 5.92 Å². The summed E-state index contributed by atoms with van der Waals surface area (Å²) < 4.78 is 0. The highest BCUT2D eigenvalue weighted by Gasteiger charge is 2.25. The van der Waals surface area contributed by atoms with Gasteiger partial charge in [-0.05, 0) is 37.1 Å². The van der Waals surface area contributed by atoms with Crippen molar-refractivity contribution >= 4 is 16.7 Å². The average molecular weight is 320 g/mol. The molecule has 1 aliphatic rings. The van der Waals surface area contributed by atoms with Gasteiger partial charge in [0.25, 0.3) is 0 Å². The van der Waals surface area contributed by atoms with Crippen LogP contribution in [0.15, 0.2) is 48.8 Å². The number of aliphatic hydroxyl groups excluding tert-OH is 1. The molecule has 2 aromatic heterocycles. The summed E-state index contributed by atoms with van der Waals surface area (Å²) in [4.78, 5) is 13.5. The Hall–Kier alpha value is -2.53. The lowest BCUT2D eigenvalue weighted by atomic mass is 10.1. The Bertz CT molecular complexity index is 837. The lowest BCUT2D eigenvalue weighted by Gasteiger charge is -2.17. The van der Waals surface area contributed by atoms with Crippen molar-refractivity contribution in [2.24, 2.45) is 5.92 Å². The summed E-state index contributed by atoms with van der Waals surface area (Å²) in [6.45, 7) is 0.734.